The lowest BCUT2D eigenvalue weighted by atomic mass is 9.93. The maximum atomic E-state index is 5.71. The summed E-state index contributed by atoms with van der Waals surface area (Å²) >= 11 is 0. The number of guanidine groups is 1. The second kappa shape index (κ2) is 10.9. The number of rotatable bonds is 7. The van der Waals surface area contributed by atoms with Gasteiger partial charge in [0.25, 0.3) is 0 Å². The molecule has 0 saturated carbocycles. The Morgan fingerprint density at radius 2 is 2.06 bits per heavy atom. The van der Waals surface area contributed by atoms with Crippen molar-refractivity contribution < 1.29 is 4.74 Å². The summed E-state index contributed by atoms with van der Waals surface area (Å²) in [5.41, 5.74) is 1.24. The Labute approximate surface area is 192 Å². The van der Waals surface area contributed by atoms with Gasteiger partial charge in [-0.05, 0) is 51.3 Å². The van der Waals surface area contributed by atoms with Crippen LogP contribution in [0.15, 0.2) is 48.0 Å². The molecule has 1 N–H and O–H groups in total. The van der Waals surface area contributed by atoms with E-state index in [0.29, 0.717) is 12.0 Å². The molecule has 3 heterocycles. The van der Waals surface area contributed by atoms with Gasteiger partial charge in [-0.25, -0.2) is 4.98 Å². The van der Waals surface area contributed by atoms with Crippen molar-refractivity contribution in [3.8, 4) is 5.75 Å². The van der Waals surface area contributed by atoms with Crippen molar-refractivity contribution in [2.75, 3.05) is 46.4 Å². The van der Waals surface area contributed by atoms with Crippen molar-refractivity contribution >= 4 is 5.96 Å². The first-order valence-electron chi connectivity index (χ1n) is 12.1. The Balaban J connectivity index is 1.56. The number of likely N-dealkylation sites (tertiary alicyclic amines) is 2. The molecule has 0 radical (unpaired) electrons. The van der Waals surface area contributed by atoms with E-state index < -0.39 is 0 Å². The van der Waals surface area contributed by atoms with E-state index in [1.807, 2.05) is 18.6 Å². The monoisotopic (exact) mass is 438 g/mol. The van der Waals surface area contributed by atoms with Gasteiger partial charge in [0.05, 0.1) is 32.1 Å². The highest BCUT2D eigenvalue weighted by atomic mass is 16.5. The highest BCUT2D eigenvalue weighted by Crippen LogP contribution is 2.32. The van der Waals surface area contributed by atoms with Crippen LogP contribution in [-0.4, -0.2) is 71.7 Å². The quantitative estimate of drug-likeness (QED) is 0.529. The number of methoxy groups -OCH3 is 1. The van der Waals surface area contributed by atoms with E-state index in [9.17, 15) is 0 Å². The van der Waals surface area contributed by atoms with E-state index >= 15 is 0 Å². The molecule has 2 aliphatic heterocycles. The second-order valence-electron chi connectivity index (χ2n) is 8.98. The van der Waals surface area contributed by atoms with E-state index in [4.69, 9.17) is 9.73 Å². The number of imidazole rings is 1. The van der Waals surface area contributed by atoms with Crippen LogP contribution >= 0.6 is 0 Å². The third-order valence-electron chi connectivity index (χ3n) is 6.95. The standard InChI is InChI=1S/C25H38N6O/c1-4-27-25(30-15-11-20(2)23(18-30)31-16-12-26-19-31)28-17-22(29-13-7-8-14-29)21-9-5-6-10-24(21)32-3/h5-6,9-10,12,16,19-20,22-23H,4,7-8,11,13-15,17-18H2,1-3H3,(H,27,28). The van der Waals surface area contributed by atoms with Crippen LogP contribution in [-0.2, 0) is 0 Å². The summed E-state index contributed by atoms with van der Waals surface area (Å²) in [5, 5.41) is 3.56. The van der Waals surface area contributed by atoms with Gasteiger partial charge in [0.15, 0.2) is 5.96 Å². The molecule has 174 valence electrons. The summed E-state index contributed by atoms with van der Waals surface area (Å²) in [5.74, 6) is 2.59. The van der Waals surface area contributed by atoms with Gasteiger partial charge in [0.2, 0.25) is 0 Å². The molecule has 0 amide bonds. The average Bonchev–Trinajstić information content (AvgIpc) is 3.54. The maximum Gasteiger partial charge on any atom is 0.194 e. The lowest BCUT2D eigenvalue weighted by Gasteiger charge is -2.39. The molecule has 7 nitrogen and oxygen atoms in total. The van der Waals surface area contributed by atoms with Crippen LogP contribution in [0.4, 0.5) is 0 Å². The van der Waals surface area contributed by atoms with Crippen molar-refractivity contribution in [2.24, 2.45) is 10.9 Å². The van der Waals surface area contributed by atoms with Crippen LogP contribution in [0.1, 0.15) is 50.8 Å². The number of benzene rings is 1. The van der Waals surface area contributed by atoms with E-state index in [1.54, 1.807) is 7.11 Å². The predicted molar refractivity (Wildman–Crippen MR) is 129 cm³/mol. The van der Waals surface area contributed by atoms with Crippen LogP contribution in [0.25, 0.3) is 0 Å². The number of nitrogens with zero attached hydrogens (tertiary/aromatic N) is 5. The molecule has 2 fully saturated rings. The van der Waals surface area contributed by atoms with Gasteiger partial charge in [-0.15, -0.1) is 0 Å². The van der Waals surface area contributed by atoms with Gasteiger partial charge >= 0.3 is 0 Å². The number of hydrogen-bond acceptors (Lipinski definition) is 4. The van der Waals surface area contributed by atoms with Crippen molar-refractivity contribution in [3.05, 3.63) is 48.5 Å². The minimum absolute atomic E-state index is 0.232. The molecular formula is C25H38N6O. The maximum absolute atomic E-state index is 5.71. The summed E-state index contributed by atoms with van der Waals surface area (Å²) in [4.78, 5) is 14.5. The number of aliphatic imine (C=N–C) groups is 1. The van der Waals surface area contributed by atoms with Crippen LogP contribution in [0.3, 0.4) is 0 Å². The summed E-state index contributed by atoms with van der Waals surface area (Å²) in [6, 6.07) is 9.06. The molecule has 0 bridgehead atoms. The van der Waals surface area contributed by atoms with Crippen LogP contribution in [0.2, 0.25) is 0 Å². The number of ether oxygens (including phenoxy) is 1. The second-order valence-corrected chi connectivity index (χ2v) is 8.98. The first-order valence-corrected chi connectivity index (χ1v) is 12.1. The molecule has 7 heteroatoms. The Morgan fingerprint density at radius 3 is 2.78 bits per heavy atom. The summed E-state index contributed by atoms with van der Waals surface area (Å²) in [6.07, 6.45) is 9.56. The third-order valence-corrected chi connectivity index (χ3v) is 6.95. The highest BCUT2D eigenvalue weighted by Gasteiger charge is 2.30. The number of nitrogens with one attached hydrogen (secondary N) is 1. The number of para-hydroxylation sites is 1. The van der Waals surface area contributed by atoms with Crippen LogP contribution < -0.4 is 10.1 Å². The summed E-state index contributed by atoms with van der Waals surface area (Å²) in [7, 11) is 1.76. The zero-order chi connectivity index (χ0) is 22.3. The normalized spacial score (nSPS) is 23.3. The molecule has 0 spiro atoms. The highest BCUT2D eigenvalue weighted by molar-refractivity contribution is 5.80. The Morgan fingerprint density at radius 1 is 1.25 bits per heavy atom. The van der Waals surface area contributed by atoms with Gasteiger partial charge in [-0.2, -0.15) is 0 Å². The summed E-state index contributed by atoms with van der Waals surface area (Å²) < 4.78 is 7.97. The lowest BCUT2D eigenvalue weighted by Crippen LogP contribution is -2.49. The number of hydrogen-bond donors (Lipinski definition) is 1. The lowest BCUT2D eigenvalue weighted by molar-refractivity contribution is 0.188. The van der Waals surface area contributed by atoms with E-state index in [0.717, 1.165) is 57.4 Å². The largest absolute Gasteiger partial charge is 0.496 e. The fourth-order valence-electron chi connectivity index (χ4n) is 5.10. The third kappa shape index (κ3) is 5.09. The van der Waals surface area contributed by atoms with Crippen LogP contribution in [0.5, 0.6) is 5.75 Å². The average molecular weight is 439 g/mol. The molecule has 2 aromatic rings. The first kappa shape index (κ1) is 22.6. The van der Waals surface area contributed by atoms with Gasteiger partial charge < -0.3 is 19.5 Å². The molecule has 4 rings (SSSR count). The summed E-state index contributed by atoms with van der Waals surface area (Å²) in [6.45, 7) is 10.3. The molecule has 1 aromatic heterocycles. The van der Waals surface area contributed by atoms with Gasteiger partial charge in [0.1, 0.15) is 5.75 Å². The van der Waals surface area contributed by atoms with Gasteiger partial charge in [-0.1, -0.05) is 25.1 Å². The van der Waals surface area contributed by atoms with Crippen molar-refractivity contribution in [1.29, 1.82) is 0 Å². The SMILES string of the molecule is CCNC(=NCC(c1ccccc1OC)N1CCCC1)N1CCC(C)C(n2ccnc2)C1. The van der Waals surface area contributed by atoms with Crippen molar-refractivity contribution in [2.45, 2.75) is 45.2 Å². The fourth-order valence-corrected chi connectivity index (χ4v) is 5.10. The molecule has 0 aliphatic carbocycles. The van der Waals surface area contributed by atoms with E-state index in [2.05, 4.69) is 62.9 Å². The van der Waals surface area contributed by atoms with Gasteiger partial charge in [0, 0.05) is 37.6 Å². The minimum Gasteiger partial charge on any atom is -0.496 e. The van der Waals surface area contributed by atoms with Crippen molar-refractivity contribution in [3.63, 3.8) is 0 Å². The van der Waals surface area contributed by atoms with Crippen molar-refractivity contribution in [1.82, 2.24) is 24.7 Å². The zero-order valence-electron chi connectivity index (χ0n) is 19.8. The zero-order valence-corrected chi connectivity index (χ0v) is 19.8. The molecule has 3 atom stereocenters. The Hall–Kier alpha value is -2.54. The fraction of sp³-hybridized carbons (Fsp3) is 0.600. The van der Waals surface area contributed by atoms with E-state index in [-0.39, 0.29) is 6.04 Å². The van der Waals surface area contributed by atoms with E-state index in [1.165, 1.54) is 18.4 Å². The first-order chi connectivity index (χ1) is 15.7. The Kier molecular flexibility index (Phi) is 7.68. The number of piperidine rings is 1. The molecule has 2 saturated heterocycles. The number of aromatic nitrogens is 2. The molecule has 3 unspecified atom stereocenters. The molecule has 32 heavy (non-hydrogen) atoms. The van der Waals surface area contributed by atoms with Gasteiger partial charge in [-0.3, -0.25) is 9.89 Å². The molecule has 1 aromatic carbocycles. The van der Waals surface area contributed by atoms with Crippen LogP contribution in [0, 0.1) is 5.92 Å². The molecular weight excluding hydrogens is 400 g/mol. The predicted octanol–water partition coefficient (Wildman–Crippen LogP) is 3.58. The smallest absolute Gasteiger partial charge is 0.194 e. The Bertz CT molecular complexity index is 861. The molecule has 2 aliphatic rings. The minimum atomic E-state index is 0.232. The topological polar surface area (TPSA) is 57.9 Å².